The van der Waals surface area contributed by atoms with Gasteiger partial charge in [-0.15, -0.1) is 0 Å². The monoisotopic (exact) mass is 216 g/mol. The highest BCUT2D eigenvalue weighted by Gasteiger charge is 2.12. The van der Waals surface area contributed by atoms with Gasteiger partial charge in [-0.1, -0.05) is 49.8 Å². The topological polar surface area (TPSA) is 20.2 Å². The highest BCUT2D eigenvalue weighted by atomic mass is 16.3. The summed E-state index contributed by atoms with van der Waals surface area (Å²) in [5.41, 5.74) is 0. The number of benzene rings is 1. The SMILES string of the molecule is CCCC(O)CC1C=c2ccccc2=CC1. The lowest BCUT2D eigenvalue weighted by Crippen LogP contribution is -2.29. The summed E-state index contributed by atoms with van der Waals surface area (Å²) < 4.78 is 0. The van der Waals surface area contributed by atoms with Crippen LogP contribution in [0, 0.1) is 5.92 Å². The summed E-state index contributed by atoms with van der Waals surface area (Å²) in [5, 5.41) is 12.5. The van der Waals surface area contributed by atoms with Crippen LogP contribution in [0.2, 0.25) is 0 Å². The van der Waals surface area contributed by atoms with Crippen LogP contribution in [0.15, 0.2) is 24.3 Å². The van der Waals surface area contributed by atoms with Crippen molar-refractivity contribution in [3.63, 3.8) is 0 Å². The zero-order valence-corrected chi connectivity index (χ0v) is 9.89. The minimum atomic E-state index is -0.134. The van der Waals surface area contributed by atoms with Gasteiger partial charge in [-0.2, -0.15) is 0 Å². The lowest BCUT2D eigenvalue weighted by Gasteiger charge is -2.17. The van der Waals surface area contributed by atoms with Gasteiger partial charge in [0.1, 0.15) is 0 Å². The molecule has 0 spiro atoms. The summed E-state index contributed by atoms with van der Waals surface area (Å²) in [6.45, 7) is 2.12. The first-order valence-electron chi connectivity index (χ1n) is 6.24. The summed E-state index contributed by atoms with van der Waals surface area (Å²) in [7, 11) is 0. The minimum Gasteiger partial charge on any atom is -0.393 e. The average molecular weight is 216 g/mol. The van der Waals surface area contributed by atoms with Crippen LogP contribution >= 0.6 is 0 Å². The van der Waals surface area contributed by atoms with Gasteiger partial charge in [-0.25, -0.2) is 0 Å². The van der Waals surface area contributed by atoms with Crippen LogP contribution in [-0.4, -0.2) is 11.2 Å². The Morgan fingerprint density at radius 3 is 2.81 bits per heavy atom. The van der Waals surface area contributed by atoms with Crippen LogP contribution in [0.3, 0.4) is 0 Å². The van der Waals surface area contributed by atoms with E-state index in [2.05, 4.69) is 43.3 Å². The molecular weight excluding hydrogens is 196 g/mol. The Balaban J connectivity index is 2.09. The Bertz CT molecular complexity index is 447. The summed E-state index contributed by atoms with van der Waals surface area (Å²) >= 11 is 0. The third-order valence-electron chi connectivity index (χ3n) is 3.25. The van der Waals surface area contributed by atoms with Crippen molar-refractivity contribution in [2.45, 2.75) is 38.7 Å². The molecule has 1 heteroatoms. The molecule has 1 aliphatic carbocycles. The fourth-order valence-corrected chi connectivity index (χ4v) is 2.41. The molecule has 0 fully saturated rings. The highest BCUT2D eigenvalue weighted by Crippen LogP contribution is 2.17. The van der Waals surface area contributed by atoms with Crippen molar-refractivity contribution in [2.24, 2.45) is 5.92 Å². The van der Waals surface area contributed by atoms with Gasteiger partial charge in [0, 0.05) is 0 Å². The summed E-state index contributed by atoms with van der Waals surface area (Å²) in [5.74, 6) is 0.511. The summed E-state index contributed by atoms with van der Waals surface area (Å²) in [4.78, 5) is 0. The lowest BCUT2D eigenvalue weighted by molar-refractivity contribution is 0.143. The van der Waals surface area contributed by atoms with Gasteiger partial charge < -0.3 is 5.11 Å². The van der Waals surface area contributed by atoms with Crippen molar-refractivity contribution in [2.75, 3.05) is 0 Å². The van der Waals surface area contributed by atoms with Gasteiger partial charge in [-0.3, -0.25) is 0 Å². The molecule has 2 atom stereocenters. The quantitative estimate of drug-likeness (QED) is 0.814. The maximum atomic E-state index is 9.82. The molecule has 0 saturated carbocycles. The molecule has 0 aromatic heterocycles. The molecule has 0 amide bonds. The fourth-order valence-electron chi connectivity index (χ4n) is 2.41. The number of fused-ring (bicyclic) bond motifs is 1. The van der Waals surface area contributed by atoms with Crippen LogP contribution in [0.5, 0.6) is 0 Å². The van der Waals surface area contributed by atoms with Crippen LogP contribution in [0.1, 0.15) is 32.6 Å². The van der Waals surface area contributed by atoms with Gasteiger partial charge in [-0.05, 0) is 35.6 Å². The van der Waals surface area contributed by atoms with E-state index in [-0.39, 0.29) is 6.10 Å². The molecular formula is C15H20O. The van der Waals surface area contributed by atoms with E-state index in [1.54, 1.807) is 0 Å². The van der Waals surface area contributed by atoms with E-state index in [0.29, 0.717) is 5.92 Å². The Kier molecular flexibility index (Phi) is 3.79. The molecule has 16 heavy (non-hydrogen) atoms. The highest BCUT2D eigenvalue weighted by molar-refractivity contribution is 5.40. The predicted molar refractivity (Wildman–Crippen MR) is 68.3 cm³/mol. The molecule has 2 unspecified atom stereocenters. The lowest BCUT2D eigenvalue weighted by atomic mass is 9.91. The van der Waals surface area contributed by atoms with Crippen molar-refractivity contribution in [1.82, 2.24) is 0 Å². The molecule has 0 saturated heterocycles. The second-order valence-corrected chi connectivity index (χ2v) is 4.67. The largest absolute Gasteiger partial charge is 0.393 e. The molecule has 0 aliphatic heterocycles. The molecule has 0 bridgehead atoms. The van der Waals surface area contributed by atoms with E-state index >= 15 is 0 Å². The molecule has 1 nitrogen and oxygen atoms in total. The van der Waals surface area contributed by atoms with Gasteiger partial charge in [0.2, 0.25) is 0 Å². The normalized spacial score (nSPS) is 20.5. The first-order valence-corrected chi connectivity index (χ1v) is 6.24. The molecule has 1 N–H and O–H groups in total. The van der Waals surface area contributed by atoms with E-state index < -0.39 is 0 Å². The van der Waals surface area contributed by atoms with Crippen LogP contribution in [0.4, 0.5) is 0 Å². The third kappa shape index (κ3) is 2.73. The third-order valence-corrected chi connectivity index (χ3v) is 3.25. The molecule has 1 aromatic rings. The molecule has 0 radical (unpaired) electrons. The average Bonchev–Trinajstić information content (AvgIpc) is 2.29. The van der Waals surface area contributed by atoms with Crippen molar-refractivity contribution in [3.05, 3.63) is 34.7 Å². The van der Waals surface area contributed by atoms with Gasteiger partial charge in [0.25, 0.3) is 0 Å². The first kappa shape index (κ1) is 11.4. The minimum absolute atomic E-state index is 0.134. The zero-order chi connectivity index (χ0) is 11.4. The number of hydrogen-bond acceptors (Lipinski definition) is 1. The van der Waals surface area contributed by atoms with Crippen molar-refractivity contribution in [1.29, 1.82) is 0 Å². The number of hydrogen-bond donors (Lipinski definition) is 1. The van der Waals surface area contributed by atoms with E-state index in [1.807, 2.05) is 0 Å². The van der Waals surface area contributed by atoms with Crippen molar-refractivity contribution < 1.29 is 5.11 Å². The van der Waals surface area contributed by atoms with Crippen LogP contribution < -0.4 is 10.4 Å². The summed E-state index contributed by atoms with van der Waals surface area (Å²) in [6.07, 6.45) is 8.42. The van der Waals surface area contributed by atoms with Crippen molar-refractivity contribution >= 4 is 12.2 Å². The second-order valence-electron chi connectivity index (χ2n) is 4.67. The Hall–Kier alpha value is -1.08. The summed E-state index contributed by atoms with van der Waals surface area (Å²) in [6, 6.07) is 8.47. The zero-order valence-electron chi connectivity index (χ0n) is 9.89. The van der Waals surface area contributed by atoms with E-state index in [9.17, 15) is 5.11 Å². The predicted octanol–water partition coefficient (Wildman–Crippen LogP) is 1.82. The Labute approximate surface area is 97.1 Å². The van der Waals surface area contributed by atoms with Crippen LogP contribution in [-0.2, 0) is 0 Å². The van der Waals surface area contributed by atoms with E-state index in [4.69, 9.17) is 0 Å². The smallest absolute Gasteiger partial charge is 0.0545 e. The first-order chi connectivity index (χ1) is 7.79. The van der Waals surface area contributed by atoms with Gasteiger partial charge >= 0.3 is 0 Å². The standard InChI is InChI=1S/C15H20O/c1-2-5-15(16)11-12-8-9-13-6-3-4-7-14(13)10-12/h3-4,6-7,9-10,12,15-16H,2,5,8,11H2,1H3. The number of aliphatic hydroxyl groups excluding tert-OH is 1. The van der Waals surface area contributed by atoms with Crippen LogP contribution in [0.25, 0.3) is 12.2 Å². The molecule has 0 heterocycles. The second kappa shape index (κ2) is 5.31. The number of rotatable bonds is 4. The molecule has 1 aliphatic rings. The fraction of sp³-hybridized carbons (Fsp3) is 0.467. The molecule has 2 rings (SSSR count). The number of aliphatic hydroxyl groups is 1. The van der Waals surface area contributed by atoms with Crippen molar-refractivity contribution in [3.8, 4) is 0 Å². The van der Waals surface area contributed by atoms with Gasteiger partial charge in [0.15, 0.2) is 0 Å². The van der Waals surface area contributed by atoms with E-state index in [0.717, 1.165) is 25.7 Å². The maximum absolute atomic E-state index is 9.82. The maximum Gasteiger partial charge on any atom is 0.0545 e. The Morgan fingerprint density at radius 2 is 2.06 bits per heavy atom. The van der Waals surface area contributed by atoms with E-state index in [1.165, 1.54) is 10.4 Å². The van der Waals surface area contributed by atoms with Gasteiger partial charge in [0.05, 0.1) is 6.10 Å². The Morgan fingerprint density at radius 1 is 1.31 bits per heavy atom. The molecule has 1 aromatic carbocycles. The molecule has 86 valence electrons.